The predicted octanol–water partition coefficient (Wildman–Crippen LogP) is 3.22. The number of phenols is 1. The maximum absolute atomic E-state index is 11.7. The standard InChI is InChI=1S/C14H20O4.C13H11NO3/c1-2-3-4-5-6-7-10-8-12(16)14(18)13(17)11(10)9-15;14-9-6-7-11(12(15)8-9)13(16)17-10-4-2-1-3-5-10/h4-7,9-12,14,16,18H,2-3,8H2,1H3;1-8,15H,14H2. The number of hydrogen-bond acceptors (Lipinski definition) is 8. The van der Waals surface area contributed by atoms with Gasteiger partial charge in [0.1, 0.15) is 29.5 Å². The van der Waals surface area contributed by atoms with Gasteiger partial charge in [0.15, 0.2) is 5.78 Å². The molecule has 8 heteroatoms. The molecule has 0 saturated heterocycles. The van der Waals surface area contributed by atoms with E-state index in [-0.39, 0.29) is 23.7 Å². The van der Waals surface area contributed by atoms with Crippen LogP contribution >= 0.6 is 0 Å². The molecule has 2 aromatic rings. The summed E-state index contributed by atoms with van der Waals surface area (Å²) in [5, 5.41) is 28.5. The molecule has 1 aliphatic rings. The fourth-order valence-corrected chi connectivity index (χ4v) is 3.44. The molecule has 1 aliphatic carbocycles. The van der Waals surface area contributed by atoms with Gasteiger partial charge in [-0.25, -0.2) is 4.79 Å². The van der Waals surface area contributed by atoms with Gasteiger partial charge in [-0.3, -0.25) is 4.79 Å². The number of unbranched alkanes of at least 4 members (excludes halogenated alkanes) is 1. The van der Waals surface area contributed by atoms with Crippen molar-refractivity contribution in [1.82, 2.24) is 0 Å². The average Bonchev–Trinajstić information content (AvgIpc) is 2.83. The number of rotatable bonds is 7. The van der Waals surface area contributed by atoms with Gasteiger partial charge in [0.05, 0.1) is 12.0 Å². The summed E-state index contributed by atoms with van der Waals surface area (Å²) in [6.45, 7) is 2.08. The lowest BCUT2D eigenvalue weighted by molar-refractivity contribution is -0.146. The highest BCUT2D eigenvalue weighted by Gasteiger charge is 2.41. The number of anilines is 1. The van der Waals surface area contributed by atoms with Crippen LogP contribution in [0.3, 0.4) is 0 Å². The average molecular weight is 482 g/mol. The van der Waals surface area contributed by atoms with Gasteiger partial charge in [0.25, 0.3) is 0 Å². The van der Waals surface area contributed by atoms with Gasteiger partial charge in [-0.1, -0.05) is 55.8 Å². The Morgan fingerprint density at radius 3 is 2.49 bits per heavy atom. The van der Waals surface area contributed by atoms with E-state index in [1.54, 1.807) is 36.4 Å². The number of ether oxygens (including phenoxy) is 1. The molecule has 1 saturated carbocycles. The fourth-order valence-electron chi connectivity index (χ4n) is 3.44. The van der Waals surface area contributed by atoms with Gasteiger partial charge in [0, 0.05) is 11.8 Å². The molecule has 0 spiro atoms. The number of hydrogen-bond donors (Lipinski definition) is 4. The fraction of sp³-hybridized carbons (Fsp3) is 0.296. The number of phenolic OH excluding ortho intramolecular Hbond substituents is 1. The number of esters is 1. The van der Waals surface area contributed by atoms with E-state index in [9.17, 15) is 29.7 Å². The van der Waals surface area contributed by atoms with E-state index in [1.807, 2.05) is 18.2 Å². The molecule has 0 aromatic heterocycles. The van der Waals surface area contributed by atoms with Gasteiger partial charge in [-0.15, -0.1) is 0 Å². The number of carbonyl (C=O) groups is 3. The Kier molecular flexibility index (Phi) is 10.9. The quantitative estimate of drug-likeness (QED) is 0.118. The summed E-state index contributed by atoms with van der Waals surface area (Å²) >= 11 is 0. The molecule has 35 heavy (non-hydrogen) atoms. The molecule has 186 valence electrons. The maximum atomic E-state index is 11.7. The van der Waals surface area contributed by atoms with Crippen molar-refractivity contribution in [2.75, 3.05) is 5.73 Å². The van der Waals surface area contributed by atoms with Crippen molar-refractivity contribution in [2.24, 2.45) is 11.8 Å². The molecule has 8 nitrogen and oxygen atoms in total. The van der Waals surface area contributed by atoms with Crippen LogP contribution in [0.2, 0.25) is 0 Å². The number of aliphatic hydroxyl groups is 2. The molecule has 0 bridgehead atoms. The molecule has 2 aromatic carbocycles. The van der Waals surface area contributed by atoms with Crippen LogP contribution in [0, 0.1) is 11.8 Å². The highest BCUT2D eigenvalue weighted by Crippen LogP contribution is 2.28. The minimum Gasteiger partial charge on any atom is -0.507 e. The Bertz CT molecular complexity index is 1050. The number of nitrogens with two attached hydrogens (primary N) is 1. The van der Waals surface area contributed by atoms with E-state index >= 15 is 0 Å². The smallest absolute Gasteiger partial charge is 0.347 e. The molecule has 4 atom stereocenters. The summed E-state index contributed by atoms with van der Waals surface area (Å²) in [6.07, 6.45) is 7.72. The molecule has 0 radical (unpaired) electrons. The van der Waals surface area contributed by atoms with Crippen molar-refractivity contribution >= 4 is 23.7 Å². The van der Waals surface area contributed by atoms with Crippen molar-refractivity contribution < 1.29 is 34.4 Å². The minimum absolute atomic E-state index is 0.0862. The molecule has 0 amide bonds. The number of carbonyl (C=O) groups excluding carboxylic acids is 3. The predicted molar refractivity (Wildman–Crippen MR) is 132 cm³/mol. The Hall–Kier alpha value is -3.75. The van der Waals surface area contributed by atoms with Crippen LogP contribution in [0.4, 0.5) is 5.69 Å². The highest BCUT2D eigenvalue weighted by molar-refractivity contribution is 5.97. The van der Waals surface area contributed by atoms with Crippen LogP contribution in [-0.4, -0.2) is 45.6 Å². The Labute approximate surface area is 204 Å². The number of para-hydroxylation sites is 1. The summed E-state index contributed by atoms with van der Waals surface area (Å²) in [5.41, 5.74) is 5.94. The molecule has 3 rings (SSSR count). The van der Waals surface area contributed by atoms with E-state index in [0.717, 1.165) is 12.8 Å². The molecular formula is C27H31NO7. The Morgan fingerprint density at radius 1 is 1.14 bits per heavy atom. The number of Topliss-reactive ketones (excluding diaryl/α,β-unsaturated/α-hetero) is 1. The van der Waals surface area contributed by atoms with Crippen LogP contribution in [-0.2, 0) is 9.59 Å². The van der Waals surface area contributed by atoms with E-state index in [1.165, 1.54) is 18.2 Å². The molecular weight excluding hydrogens is 450 g/mol. The van der Waals surface area contributed by atoms with Crippen LogP contribution in [0.25, 0.3) is 0 Å². The largest absolute Gasteiger partial charge is 0.507 e. The summed E-state index contributed by atoms with van der Waals surface area (Å²) in [5.74, 6) is -2.15. The molecule has 4 unspecified atom stereocenters. The highest BCUT2D eigenvalue weighted by atomic mass is 16.5. The van der Waals surface area contributed by atoms with Crippen LogP contribution in [0.15, 0.2) is 72.8 Å². The molecule has 5 N–H and O–H groups in total. The number of allylic oxidation sites excluding steroid dienone is 4. The summed E-state index contributed by atoms with van der Waals surface area (Å²) in [6, 6.07) is 12.9. The van der Waals surface area contributed by atoms with Crippen LogP contribution in [0.5, 0.6) is 11.5 Å². The summed E-state index contributed by atoms with van der Waals surface area (Å²) in [4.78, 5) is 34.2. The van der Waals surface area contributed by atoms with Gasteiger partial charge in [-0.2, -0.15) is 0 Å². The number of aromatic hydroxyl groups is 1. The third kappa shape index (κ3) is 8.20. The number of aldehydes is 1. The minimum atomic E-state index is -1.43. The first-order chi connectivity index (χ1) is 16.8. The van der Waals surface area contributed by atoms with Crippen LogP contribution in [0.1, 0.15) is 36.5 Å². The van der Waals surface area contributed by atoms with E-state index in [0.29, 0.717) is 17.7 Å². The second kappa shape index (κ2) is 13.8. The second-order valence-corrected chi connectivity index (χ2v) is 8.06. The third-order valence-electron chi connectivity index (χ3n) is 5.36. The number of ketones is 1. The van der Waals surface area contributed by atoms with Crippen molar-refractivity contribution in [1.29, 1.82) is 0 Å². The van der Waals surface area contributed by atoms with Crippen molar-refractivity contribution in [3.05, 3.63) is 78.4 Å². The van der Waals surface area contributed by atoms with Crippen molar-refractivity contribution in [3.8, 4) is 11.5 Å². The van der Waals surface area contributed by atoms with Crippen molar-refractivity contribution in [2.45, 2.75) is 38.4 Å². The van der Waals surface area contributed by atoms with E-state index in [4.69, 9.17) is 10.5 Å². The molecule has 0 aliphatic heterocycles. The zero-order chi connectivity index (χ0) is 25.8. The van der Waals surface area contributed by atoms with Crippen molar-refractivity contribution in [3.63, 3.8) is 0 Å². The van der Waals surface area contributed by atoms with Gasteiger partial charge in [0.2, 0.25) is 0 Å². The first-order valence-electron chi connectivity index (χ1n) is 11.3. The normalized spacial score (nSPS) is 22.0. The Morgan fingerprint density at radius 2 is 1.86 bits per heavy atom. The maximum Gasteiger partial charge on any atom is 0.347 e. The summed E-state index contributed by atoms with van der Waals surface area (Å²) < 4.78 is 5.08. The number of nitrogen functional groups attached to an aromatic ring is 1. The third-order valence-corrected chi connectivity index (χ3v) is 5.36. The number of benzene rings is 2. The lowest BCUT2D eigenvalue weighted by Gasteiger charge is -2.31. The zero-order valence-corrected chi connectivity index (χ0v) is 19.5. The number of aliphatic hydroxyl groups excluding tert-OH is 2. The van der Waals surface area contributed by atoms with Gasteiger partial charge < -0.3 is 30.6 Å². The lowest BCUT2D eigenvalue weighted by atomic mass is 9.76. The van der Waals surface area contributed by atoms with E-state index in [2.05, 4.69) is 6.92 Å². The first kappa shape index (κ1) is 27.5. The topological polar surface area (TPSA) is 147 Å². The van der Waals surface area contributed by atoms with Gasteiger partial charge >= 0.3 is 5.97 Å². The molecule has 0 heterocycles. The van der Waals surface area contributed by atoms with Crippen LogP contribution < -0.4 is 10.5 Å². The second-order valence-electron chi connectivity index (χ2n) is 8.06. The lowest BCUT2D eigenvalue weighted by Crippen LogP contribution is -2.47. The Balaban J connectivity index is 0.000000247. The molecule has 1 fully saturated rings. The van der Waals surface area contributed by atoms with Gasteiger partial charge in [-0.05, 0) is 43.0 Å². The zero-order valence-electron chi connectivity index (χ0n) is 19.5. The summed E-state index contributed by atoms with van der Waals surface area (Å²) in [7, 11) is 0. The van der Waals surface area contributed by atoms with E-state index < -0.39 is 29.9 Å². The first-order valence-corrected chi connectivity index (χ1v) is 11.3. The monoisotopic (exact) mass is 481 g/mol. The SMILES string of the molecule is CCCC=CC=CC1CC(O)C(O)C(=O)C1C=O.Nc1ccc(C(=O)Oc2ccccc2)c(O)c1.